The highest BCUT2D eigenvalue weighted by atomic mass is 16.5. The van der Waals surface area contributed by atoms with Crippen LogP contribution >= 0.6 is 0 Å². The van der Waals surface area contributed by atoms with Crippen molar-refractivity contribution in [3.63, 3.8) is 0 Å². The summed E-state index contributed by atoms with van der Waals surface area (Å²) in [6, 6.07) is 12.9. The van der Waals surface area contributed by atoms with Crippen LogP contribution < -0.4 is 19.7 Å². The first-order valence-corrected chi connectivity index (χ1v) is 8.41. The van der Waals surface area contributed by atoms with E-state index in [-0.39, 0.29) is 18.2 Å². The molecule has 3 rings (SSSR count). The Kier molecular flexibility index (Phi) is 5.11. The molecule has 0 saturated carbocycles. The second-order valence-corrected chi connectivity index (χ2v) is 6.30. The number of carbonyl (C=O) groups is 2. The molecule has 26 heavy (non-hydrogen) atoms. The molecule has 0 spiro atoms. The van der Waals surface area contributed by atoms with E-state index in [1.165, 1.54) is 7.11 Å². The third kappa shape index (κ3) is 3.64. The maximum Gasteiger partial charge on any atom is 0.229 e. The first kappa shape index (κ1) is 17.8. The molecule has 6 heteroatoms. The molecule has 2 amide bonds. The van der Waals surface area contributed by atoms with Gasteiger partial charge in [0.15, 0.2) is 0 Å². The van der Waals surface area contributed by atoms with Gasteiger partial charge in [0.25, 0.3) is 0 Å². The Hall–Kier alpha value is -3.02. The second kappa shape index (κ2) is 7.47. The minimum absolute atomic E-state index is 0.0478. The minimum atomic E-state index is -0.418. The maximum atomic E-state index is 12.7. The number of nitrogens with zero attached hydrogens (tertiary/aromatic N) is 1. The molecule has 1 atom stereocenters. The van der Waals surface area contributed by atoms with Gasteiger partial charge in [-0.15, -0.1) is 0 Å². The van der Waals surface area contributed by atoms with Crippen LogP contribution in [0.3, 0.4) is 0 Å². The van der Waals surface area contributed by atoms with Gasteiger partial charge in [0.1, 0.15) is 11.5 Å². The lowest BCUT2D eigenvalue weighted by Gasteiger charge is -2.17. The molecule has 6 nitrogen and oxygen atoms in total. The Morgan fingerprint density at radius 1 is 1.15 bits per heavy atom. The van der Waals surface area contributed by atoms with Gasteiger partial charge < -0.3 is 19.7 Å². The monoisotopic (exact) mass is 354 g/mol. The molecule has 0 unspecified atom stereocenters. The average Bonchev–Trinajstić information content (AvgIpc) is 3.03. The van der Waals surface area contributed by atoms with Gasteiger partial charge in [0, 0.05) is 24.7 Å². The van der Waals surface area contributed by atoms with Gasteiger partial charge in [-0.1, -0.05) is 12.1 Å². The van der Waals surface area contributed by atoms with Gasteiger partial charge in [-0.25, -0.2) is 0 Å². The summed E-state index contributed by atoms with van der Waals surface area (Å²) < 4.78 is 10.5. The van der Waals surface area contributed by atoms with E-state index in [9.17, 15) is 9.59 Å². The third-order valence-electron chi connectivity index (χ3n) is 4.47. The van der Waals surface area contributed by atoms with Crippen molar-refractivity contribution in [2.45, 2.75) is 13.3 Å². The van der Waals surface area contributed by atoms with Crippen molar-refractivity contribution in [2.24, 2.45) is 5.92 Å². The number of aryl methyl sites for hydroxylation is 1. The normalized spacial score (nSPS) is 16.5. The van der Waals surface area contributed by atoms with Gasteiger partial charge in [-0.05, 0) is 36.8 Å². The van der Waals surface area contributed by atoms with Crippen LogP contribution in [-0.2, 0) is 9.59 Å². The molecule has 2 aromatic carbocycles. The molecule has 1 aliphatic heterocycles. The summed E-state index contributed by atoms with van der Waals surface area (Å²) >= 11 is 0. The number of hydrogen-bond donors (Lipinski definition) is 1. The van der Waals surface area contributed by atoms with Gasteiger partial charge in [-0.3, -0.25) is 9.59 Å². The Morgan fingerprint density at radius 3 is 2.65 bits per heavy atom. The summed E-state index contributed by atoms with van der Waals surface area (Å²) in [4.78, 5) is 26.7. The van der Waals surface area contributed by atoms with Crippen molar-refractivity contribution in [1.29, 1.82) is 0 Å². The molecule has 0 aromatic heterocycles. The van der Waals surface area contributed by atoms with Crippen LogP contribution in [0.2, 0.25) is 0 Å². The second-order valence-electron chi connectivity index (χ2n) is 6.30. The number of anilines is 2. The lowest BCUT2D eigenvalue weighted by atomic mass is 10.1. The number of methoxy groups -OCH3 is 2. The van der Waals surface area contributed by atoms with Crippen molar-refractivity contribution < 1.29 is 19.1 Å². The van der Waals surface area contributed by atoms with E-state index in [1.54, 1.807) is 30.2 Å². The van der Waals surface area contributed by atoms with Crippen molar-refractivity contribution in [2.75, 3.05) is 31.0 Å². The number of nitrogens with one attached hydrogen (secondary N) is 1. The summed E-state index contributed by atoms with van der Waals surface area (Å²) in [5.74, 6) is 0.483. The summed E-state index contributed by atoms with van der Waals surface area (Å²) in [6.07, 6.45) is 0.187. The SMILES string of the molecule is COc1ccc(OC)c(NC(=O)[C@H]2CC(=O)N(c3cccc(C)c3)C2)c1. The quantitative estimate of drug-likeness (QED) is 0.896. The van der Waals surface area contributed by atoms with Crippen LogP contribution in [0.15, 0.2) is 42.5 Å². The Morgan fingerprint density at radius 2 is 1.96 bits per heavy atom. The first-order chi connectivity index (χ1) is 12.5. The molecular formula is C20H22N2O4. The van der Waals surface area contributed by atoms with Crippen molar-refractivity contribution in [1.82, 2.24) is 0 Å². The lowest BCUT2D eigenvalue weighted by molar-refractivity contribution is -0.122. The molecule has 1 fully saturated rings. The van der Waals surface area contributed by atoms with Crippen molar-refractivity contribution >= 4 is 23.2 Å². The molecule has 1 heterocycles. The van der Waals surface area contributed by atoms with E-state index in [0.29, 0.717) is 23.7 Å². The topological polar surface area (TPSA) is 67.9 Å². The minimum Gasteiger partial charge on any atom is -0.497 e. The predicted molar refractivity (Wildman–Crippen MR) is 99.8 cm³/mol. The molecule has 0 aliphatic carbocycles. The smallest absolute Gasteiger partial charge is 0.229 e. The van der Waals surface area contributed by atoms with Crippen molar-refractivity contribution in [3.8, 4) is 11.5 Å². The molecule has 0 radical (unpaired) electrons. The van der Waals surface area contributed by atoms with Gasteiger partial charge in [-0.2, -0.15) is 0 Å². The predicted octanol–water partition coefficient (Wildman–Crippen LogP) is 3.00. The maximum absolute atomic E-state index is 12.7. The molecule has 0 bridgehead atoms. The number of amides is 2. The molecule has 1 aliphatic rings. The third-order valence-corrected chi connectivity index (χ3v) is 4.47. The van der Waals surface area contributed by atoms with E-state index in [4.69, 9.17) is 9.47 Å². The van der Waals surface area contributed by atoms with Crippen LogP contribution in [0.1, 0.15) is 12.0 Å². The summed E-state index contributed by atoms with van der Waals surface area (Å²) in [7, 11) is 3.10. The van der Waals surface area contributed by atoms with E-state index in [0.717, 1.165) is 11.3 Å². The number of carbonyl (C=O) groups excluding carboxylic acids is 2. The summed E-state index contributed by atoms with van der Waals surface area (Å²) in [5, 5.41) is 2.86. The number of ether oxygens (including phenoxy) is 2. The molecular weight excluding hydrogens is 332 g/mol. The molecule has 1 N–H and O–H groups in total. The molecule has 2 aromatic rings. The Bertz CT molecular complexity index is 834. The standard InChI is InChI=1S/C20H22N2O4/c1-13-5-4-6-15(9-13)22-12-14(10-19(22)23)20(24)21-17-11-16(25-2)7-8-18(17)26-3/h4-9,11,14H,10,12H2,1-3H3,(H,21,24)/t14-/m0/s1. The van der Waals surface area contributed by atoms with Crippen LogP contribution in [0.25, 0.3) is 0 Å². The fourth-order valence-corrected chi connectivity index (χ4v) is 3.08. The van der Waals surface area contributed by atoms with Crippen molar-refractivity contribution in [3.05, 3.63) is 48.0 Å². The van der Waals surface area contributed by atoms with Gasteiger partial charge in [0.05, 0.1) is 25.8 Å². The molecule has 136 valence electrons. The zero-order chi connectivity index (χ0) is 18.7. The van der Waals surface area contributed by atoms with Crippen LogP contribution in [-0.4, -0.2) is 32.6 Å². The largest absolute Gasteiger partial charge is 0.497 e. The van der Waals surface area contributed by atoms with Crippen LogP contribution in [0, 0.1) is 12.8 Å². The van der Waals surface area contributed by atoms with Crippen LogP contribution in [0.5, 0.6) is 11.5 Å². The average molecular weight is 354 g/mol. The van der Waals surface area contributed by atoms with Crippen LogP contribution in [0.4, 0.5) is 11.4 Å². The van der Waals surface area contributed by atoms with E-state index in [1.807, 2.05) is 31.2 Å². The summed E-state index contributed by atoms with van der Waals surface area (Å²) in [6.45, 7) is 2.34. The number of rotatable bonds is 5. The highest BCUT2D eigenvalue weighted by molar-refractivity contribution is 6.04. The Labute approximate surface area is 152 Å². The van der Waals surface area contributed by atoms with Gasteiger partial charge in [0.2, 0.25) is 11.8 Å². The van der Waals surface area contributed by atoms with E-state index < -0.39 is 5.92 Å². The Balaban J connectivity index is 1.74. The van der Waals surface area contributed by atoms with E-state index in [2.05, 4.69) is 5.32 Å². The zero-order valence-electron chi connectivity index (χ0n) is 15.1. The number of benzene rings is 2. The summed E-state index contributed by atoms with van der Waals surface area (Å²) in [5.41, 5.74) is 2.42. The number of hydrogen-bond acceptors (Lipinski definition) is 4. The van der Waals surface area contributed by atoms with E-state index >= 15 is 0 Å². The fraction of sp³-hybridized carbons (Fsp3) is 0.300. The lowest BCUT2D eigenvalue weighted by Crippen LogP contribution is -2.28. The van der Waals surface area contributed by atoms with Gasteiger partial charge >= 0.3 is 0 Å². The fourth-order valence-electron chi connectivity index (χ4n) is 3.08. The zero-order valence-corrected chi connectivity index (χ0v) is 15.1. The first-order valence-electron chi connectivity index (χ1n) is 8.41. The highest BCUT2D eigenvalue weighted by Crippen LogP contribution is 2.31. The molecule has 1 saturated heterocycles. The highest BCUT2D eigenvalue weighted by Gasteiger charge is 2.35.